The van der Waals surface area contributed by atoms with Gasteiger partial charge in [0.05, 0.1) is 43.3 Å². The van der Waals surface area contributed by atoms with Gasteiger partial charge in [-0.15, -0.1) is 0 Å². The van der Waals surface area contributed by atoms with Crippen molar-refractivity contribution in [1.29, 1.82) is 0 Å². The zero-order chi connectivity index (χ0) is 25.7. The lowest BCUT2D eigenvalue weighted by molar-refractivity contribution is -0.385. The molecule has 4 aromatic rings. The van der Waals surface area contributed by atoms with Crippen LogP contribution in [0, 0.1) is 15.9 Å². The number of methoxy groups -OCH3 is 2. The topological polar surface area (TPSA) is 146 Å². The van der Waals surface area contributed by atoms with Crippen molar-refractivity contribution in [2.45, 2.75) is 13.1 Å². The number of nitrogens with zero attached hydrogens (tertiary/aromatic N) is 5. The Bertz CT molecular complexity index is 1410. The minimum Gasteiger partial charge on any atom is -0.493 e. The zero-order valence-electron chi connectivity index (χ0n) is 19.4. The maximum absolute atomic E-state index is 13.1. The summed E-state index contributed by atoms with van der Waals surface area (Å²) in [7, 11) is 2.72. The molecule has 0 atom stereocenters. The summed E-state index contributed by atoms with van der Waals surface area (Å²) in [5.74, 6) is -0.0517. The lowest BCUT2D eigenvalue weighted by Crippen LogP contribution is -2.28. The van der Waals surface area contributed by atoms with Crippen LogP contribution in [0.5, 0.6) is 11.5 Å². The van der Waals surface area contributed by atoms with Gasteiger partial charge in [0.25, 0.3) is 11.6 Å². The van der Waals surface area contributed by atoms with Crippen LogP contribution < -0.4 is 20.1 Å². The first kappa shape index (κ1) is 24.3. The van der Waals surface area contributed by atoms with E-state index in [1.807, 2.05) is 0 Å². The van der Waals surface area contributed by atoms with Gasteiger partial charge in [0, 0.05) is 19.2 Å². The van der Waals surface area contributed by atoms with Crippen LogP contribution in [-0.4, -0.2) is 51.3 Å². The van der Waals surface area contributed by atoms with E-state index in [-0.39, 0.29) is 36.0 Å². The van der Waals surface area contributed by atoms with E-state index >= 15 is 0 Å². The highest BCUT2D eigenvalue weighted by Crippen LogP contribution is 2.34. The Balaban J connectivity index is 1.44. The fourth-order valence-electron chi connectivity index (χ4n) is 3.56. The monoisotopic (exact) mass is 495 g/mol. The summed E-state index contributed by atoms with van der Waals surface area (Å²) in [5.41, 5.74) is 0.859. The van der Waals surface area contributed by atoms with Crippen LogP contribution in [0.4, 0.5) is 15.9 Å². The molecule has 4 rings (SSSR count). The molecule has 13 heteroatoms. The average Bonchev–Trinajstić information content (AvgIpc) is 3.31. The Morgan fingerprint density at radius 2 is 1.86 bits per heavy atom. The van der Waals surface area contributed by atoms with Crippen molar-refractivity contribution in [2.75, 3.05) is 26.1 Å². The summed E-state index contributed by atoms with van der Waals surface area (Å²) >= 11 is 0. The number of fused-ring (bicyclic) bond motifs is 1. The summed E-state index contributed by atoms with van der Waals surface area (Å²) < 4.78 is 24.9. The molecule has 2 heterocycles. The molecule has 0 aliphatic carbocycles. The molecule has 0 spiro atoms. The molecule has 1 amide bonds. The molecule has 0 saturated heterocycles. The van der Waals surface area contributed by atoms with E-state index in [0.29, 0.717) is 23.4 Å². The molecule has 12 nitrogen and oxygen atoms in total. The Morgan fingerprint density at radius 1 is 1.14 bits per heavy atom. The van der Waals surface area contributed by atoms with Crippen molar-refractivity contribution in [2.24, 2.45) is 0 Å². The highest BCUT2D eigenvalue weighted by molar-refractivity contribution is 5.99. The molecule has 2 N–H and O–H groups in total. The van der Waals surface area contributed by atoms with Crippen molar-refractivity contribution < 1.29 is 23.6 Å². The van der Waals surface area contributed by atoms with E-state index in [1.54, 1.807) is 23.0 Å². The Morgan fingerprint density at radius 3 is 2.56 bits per heavy atom. The molecule has 2 aromatic heterocycles. The number of hydrogen-bond donors (Lipinski definition) is 2. The number of nitro benzene ring substituents is 1. The highest BCUT2D eigenvalue weighted by Gasteiger charge is 2.24. The second-order valence-corrected chi connectivity index (χ2v) is 7.54. The number of hydrogen-bond acceptors (Lipinski definition) is 9. The number of rotatable bonds is 10. The minimum absolute atomic E-state index is 0.128. The molecule has 36 heavy (non-hydrogen) atoms. The fraction of sp³-hybridized carbons (Fsp3) is 0.217. The summed E-state index contributed by atoms with van der Waals surface area (Å²) in [6.45, 7) is 0.811. The normalized spacial score (nSPS) is 10.8. The molecule has 0 bridgehead atoms. The maximum Gasteiger partial charge on any atom is 0.286 e. The van der Waals surface area contributed by atoms with Gasteiger partial charge in [-0.2, -0.15) is 5.10 Å². The van der Waals surface area contributed by atoms with Gasteiger partial charge in [0.15, 0.2) is 17.1 Å². The second-order valence-electron chi connectivity index (χ2n) is 7.54. The first-order valence-electron chi connectivity index (χ1n) is 10.7. The number of ether oxygens (including phenoxy) is 2. The van der Waals surface area contributed by atoms with Gasteiger partial charge in [0.1, 0.15) is 23.5 Å². The number of benzene rings is 2. The third-order valence-corrected chi connectivity index (χ3v) is 5.36. The second kappa shape index (κ2) is 10.6. The molecular weight excluding hydrogens is 473 g/mol. The Labute approximate surface area is 204 Å². The Kier molecular flexibility index (Phi) is 7.18. The van der Waals surface area contributed by atoms with E-state index in [1.165, 1.54) is 38.7 Å². The van der Waals surface area contributed by atoms with Gasteiger partial charge >= 0.3 is 0 Å². The van der Waals surface area contributed by atoms with Crippen LogP contribution in [0.3, 0.4) is 0 Å². The molecule has 0 aliphatic rings. The number of carbonyl (C=O) groups is 1. The number of nitrogens with one attached hydrogen (secondary N) is 2. The highest BCUT2D eigenvalue weighted by atomic mass is 19.1. The number of carbonyl (C=O) groups excluding carboxylic acids is 1. The third-order valence-electron chi connectivity index (χ3n) is 5.36. The van der Waals surface area contributed by atoms with Crippen LogP contribution >= 0.6 is 0 Å². The van der Waals surface area contributed by atoms with E-state index in [4.69, 9.17) is 9.47 Å². The molecule has 186 valence electrons. The van der Waals surface area contributed by atoms with E-state index in [2.05, 4.69) is 25.7 Å². The zero-order valence-corrected chi connectivity index (χ0v) is 19.4. The third kappa shape index (κ3) is 5.14. The molecule has 0 aliphatic heterocycles. The number of anilines is 1. The van der Waals surface area contributed by atoms with Crippen LogP contribution in [0.15, 0.2) is 48.9 Å². The number of halogens is 1. The van der Waals surface area contributed by atoms with E-state index in [0.717, 1.165) is 11.6 Å². The molecule has 0 radical (unpaired) electrons. The van der Waals surface area contributed by atoms with Crippen molar-refractivity contribution in [3.05, 3.63) is 76.0 Å². The first-order valence-corrected chi connectivity index (χ1v) is 10.7. The smallest absolute Gasteiger partial charge is 0.286 e. The number of aromatic nitrogens is 4. The standard InChI is InChI=1S/C23H22FN7O5/c1-35-19-9-16(18(31(33)34)10-20(19)36-2)23(32)25-7-8-30-22-17(12-29-30)21(27-13-28-22)26-11-14-3-5-15(24)6-4-14/h3-6,9-10,12-13H,7-8,11H2,1-2H3,(H,25,32)(H,26,27,28). The maximum atomic E-state index is 13.1. The fourth-order valence-corrected chi connectivity index (χ4v) is 3.56. The van der Waals surface area contributed by atoms with Gasteiger partial charge in [-0.05, 0) is 17.7 Å². The predicted molar refractivity (Wildman–Crippen MR) is 128 cm³/mol. The summed E-state index contributed by atoms with van der Waals surface area (Å²) in [4.78, 5) is 32.1. The SMILES string of the molecule is COc1cc(C(=O)NCCn2ncc3c(NCc4ccc(F)cc4)ncnc32)c([N+](=O)[O-])cc1OC. The van der Waals surface area contributed by atoms with Crippen molar-refractivity contribution in [1.82, 2.24) is 25.1 Å². The minimum atomic E-state index is -0.657. The summed E-state index contributed by atoms with van der Waals surface area (Å²) in [6, 6.07) is 8.53. The number of amides is 1. The molecule has 0 fully saturated rings. The van der Waals surface area contributed by atoms with Gasteiger partial charge in [0.2, 0.25) is 0 Å². The first-order chi connectivity index (χ1) is 17.4. The number of nitro groups is 1. The quantitative estimate of drug-likeness (QED) is 0.250. The average molecular weight is 495 g/mol. The van der Waals surface area contributed by atoms with E-state index < -0.39 is 16.5 Å². The predicted octanol–water partition coefficient (Wildman–Crippen LogP) is 2.93. The van der Waals surface area contributed by atoms with Crippen molar-refractivity contribution in [3.63, 3.8) is 0 Å². The van der Waals surface area contributed by atoms with Crippen LogP contribution in [0.25, 0.3) is 11.0 Å². The lowest BCUT2D eigenvalue weighted by atomic mass is 10.1. The van der Waals surface area contributed by atoms with Crippen molar-refractivity contribution >= 4 is 28.4 Å². The Hall–Kier alpha value is -4.81. The summed E-state index contributed by atoms with van der Waals surface area (Å²) in [6.07, 6.45) is 2.99. The largest absolute Gasteiger partial charge is 0.493 e. The van der Waals surface area contributed by atoms with Gasteiger partial charge in [-0.25, -0.2) is 19.0 Å². The van der Waals surface area contributed by atoms with Gasteiger partial charge in [-0.3, -0.25) is 14.9 Å². The van der Waals surface area contributed by atoms with Crippen LogP contribution in [-0.2, 0) is 13.1 Å². The molecular formula is C23H22FN7O5. The van der Waals surface area contributed by atoms with Gasteiger partial charge in [-0.1, -0.05) is 12.1 Å². The lowest BCUT2D eigenvalue weighted by Gasteiger charge is -2.11. The summed E-state index contributed by atoms with van der Waals surface area (Å²) in [5, 5.41) is 22.3. The van der Waals surface area contributed by atoms with Crippen LogP contribution in [0.1, 0.15) is 15.9 Å². The molecule has 0 unspecified atom stereocenters. The van der Waals surface area contributed by atoms with E-state index in [9.17, 15) is 19.3 Å². The molecule has 0 saturated carbocycles. The van der Waals surface area contributed by atoms with Gasteiger partial charge < -0.3 is 20.1 Å². The molecule has 2 aromatic carbocycles. The van der Waals surface area contributed by atoms with Crippen LogP contribution in [0.2, 0.25) is 0 Å². The van der Waals surface area contributed by atoms with Crippen molar-refractivity contribution in [3.8, 4) is 11.5 Å².